The summed E-state index contributed by atoms with van der Waals surface area (Å²) in [7, 11) is -3.54. The third kappa shape index (κ3) is 4.36. The Labute approximate surface area is 182 Å². The van der Waals surface area contributed by atoms with Crippen molar-refractivity contribution < 1.29 is 22.7 Å². The summed E-state index contributed by atoms with van der Waals surface area (Å²) in [6, 6.07) is 13.4. The highest BCUT2D eigenvalue weighted by atomic mass is 32.2. The number of carbonyl (C=O) groups is 2. The van der Waals surface area contributed by atoms with Crippen LogP contribution in [0, 0.1) is 0 Å². The van der Waals surface area contributed by atoms with E-state index in [9.17, 15) is 18.0 Å². The van der Waals surface area contributed by atoms with E-state index in [1.807, 2.05) is 24.3 Å². The second kappa shape index (κ2) is 8.80. The van der Waals surface area contributed by atoms with Gasteiger partial charge in [-0.1, -0.05) is 18.2 Å². The van der Waals surface area contributed by atoms with Crippen LogP contribution in [0.1, 0.15) is 42.1 Å². The normalized spacial score (nSPS) is 17.8. The zero-order valence-electron chi connectivity index (χ0n) is 17.5. The Morgan fingerprint density at radius 2 is 1.61 bits per heavy atom. The molecule has 0 unspecified atom stereocenters. The van der Waals surface area contributed by atoms with Crippen molar-refractivity contribution >= 4 is 27.6 Å². The molecule has 1 atom stereocenters. The minimum Gasteiger partial charge on any atom is -0.449 e. The predicted molar refractivity (Wildman–Crippen MR) is 116 cm³/mol. The molecule has 4 rings (SSSR count). The Morgan fingerprint density at radius 3 is 2.32 bits per heavy atom. The van der Waals surface area contributed by atoms with Crippen LogP contribution in [0.25, 0.3) is 0 Å². The van der Waals surface area contributed by atoms with Crippen molar-refractivity contribution in [3.05, 3.63) is 59.7 Å². The van der Waals surface area contributed by atoms with E-state index >= 15 is 0 Å². The summed E-state index contributed by atoms with van der Waals surface area (Å²) in [6.45, 7) is 3.18. The second-order valence-electron chi connectivity index (χ2n) is 7.91. The maximum Gasteiger partial charge on any atom is 0.338 e. The lowest BCUT2D eigenvalue weighted by molar-refractivity contribution is -0.126. The van der Waals surface area contributed by atoms with Gasteiger partial charge in [0.2, 0.25) is 10.0 Å². The van der Waals surface area contributed by atoms with Crippen LogP contribution in [-0.4, -0.2) is 50.3 Å². The first-order valence-electron chi connectivity index (χ1n) is 10.6. The Morgan fingerprint density at radius 1 is 0.935 bits per heavy atom. The Kier molecular flexibility index (Phi) is 6.11. The molecule has 7 nitrogen and oxygen atoms in total. The zero-order chi connectivity index (χ0) is 22.0. The standard InChI is InChI=1S/C23H26N2O5S/c1-17(22(26)25-16-6-8-18-7-2-3-9-21(18)25)30-23(27)19-10-12-20(13-11-19)31(28,29)24-14-4-5-15-24/h2-3,7,9-13,17H,4-6,8,14-16H2,1H3/t17-/m1/s1. The molecular formula is C23H26N2O5S. The minimum absolute atomic E-state index is 0.153. The molecule has 0 N–H and O–H groups in total. The van der Waals surface area contributed by atoms with Gasteiger partial charge in [-0.2, -0.15) is 4.31 Å². The van der Waals surface area contributed by atoms with Gasteiger partial charge >= 0.3 is 5.97 Å². The van der Waals surface area contributed by atoms with Crippen LogP contribution in [0.15, 0.2) is 53.4 Å². The van der Waals surface area contributed by atoms with Crippen molar-refractivity contribution in [2.45, 2.75) is 43.6 Å². The van der Waals surface area contributed by atoms with E-state index in [4.69, 9.17) is 4.74 Å². The van der Waals surface area contributed by atoms with E-state index in [2.05, 4.69) is 0 Å². The van der Waals surface area contributed by atoms with Gasteiger partial charge in [0, 0.05) is 25.3 Å². The highest BCUT2D eigenvalue weighted by molar-refractivity contribution is 7.89. The van der Waals surface area contributed by atoms with Crippen LogP contribution in [0.4, 0.5) is 5.69 Å². The SMILES string of the molecule is C[C@@H](OC(=O)c1ccc(S(=O)(=O)N2CCCC2)cc1)C(=O)N1CCCc2ccccc21. The molecule has 1 saturated heterocycles. The number of aryl methyl sites for hydroxylation is 1. The molecule has 8 heteroatoms. The Hall–Kier alpha value is -2.71. The number of rotatable bonds is 5. The molecule has 2 aliphatic heterocycles. The highest BCUT2D eigenvalue weighted by Gasteiger charge is 2.30. The smallest absolute Gasteiger partial charge is 0.338 e. The zero-order valence-corrected chi connectivity index (χ0v) is 18.3. The van der Waals surface area contributed by atoms with Crippen LogP contribution >= 0.6 is 0 Å². The monoisotopic (exact) mass is 442 g/mol. The number of amides is 1. The summed E-state index contributed by atoms with van der Waals surface area (Å²) >= 11 is 0. The van der Waals surface area contributed by atoms with E-state index in [0.29, 0.717) is 19.6 Å². The number of benzene rings is 2. The molecule has 0 aliphatic carbocycles. The molecule has 2 aromatic rings. The number of esters is 1. The Balaban J connectivity index is 1.43. The highest BCUT2D eigenvalue weighted by Crippen LogP contribution is 2.28. The fourth-order valence-electron chi connectivity index (χ4n) is 4.10. The molecule has 1 amide bonds. The third-order valence-corrected chi connectivity index (χ3v) is 7.71. The van der Waals surface area contributed by atoms with Crippen molar-refractivity contribution in [1.82, 2.24) is 4.31 Å². The lowest BCUT2D eigenvalue weighted by Gasteiger charge is -2.31. The van der Waals surface area contributed by atoms with Gasteiger partial charge in [0.25, 0.3) is 5.91 Å². The van der Waals surface area contributed by atoms with Gasteiger partial charge in [-0.25, -0.2) is 13.2 Å². The first kappa shape index (κ1) is 21.5. The largest absolute Gasteiger partial charge is 0.449 e. The topological polar surface area (TPSA) is 84.0 Å². The van der Waals surface area contributed by atoms with Crippen molar-refractivity contribution in [3.63, 3.8) is 0 Å². The van der Waals surface area contributed by atoms with Crippen molar-refractivity contribution in [2.24, 2.45) is 0 Å². The van der Waals surface area contributed by atoms with E-state index in [-0.39, 0.29) is 16.4 Å². The maximum atomic E-state index is 12.9. The van der Waals surface area contributed by atoms with E-state index in [1.54, 1.807) is 11.8 Å². The molecule has 164 valence electrons. The average molecular weight is 443 g/mol. The van der Waals surface area contributed by atoms with Crippen LogP contribution in [0.5, 0.6) is 0 Å². The molecular weight excluding hydrogens is 416 g/mol. The summed E-state index contributed by atoms with van der Waals surface area (Å²) in [5.74, 6) is -0.926. The summed E-state index contributed by atoms with van der Waals surface area (Å²) < 4.78 is 32.1. The van der Waals surface area contributed by atoms with Gasteiger partial charge in [-0.15, -0.1) is 0 Å². The average Bonchev–Trinajstić information content (AvgIpc) is 3.34. The van der Waals surface area contributed by atoms with Gasteiger partial charge in [0.05, 0.1) is 10.5 Å². The lowest BCUT2D eigenvalue weighted by Crippen LogP contribution is -2.42. The van der Waals surface area contributed by atoms with E-state index in [0.717, 1.165) is 36.9 Å². The fourth-order valence-corrected chi connectivity index (χ4v) is 5.62. The van der Waals surface area contributed by atoms with Crippen molar-refractivity contribution in [3.8, 4) is 0 Å². The summed E-state index contributed by atoms with van der Waals surface area (Å²) in [5.41, 5.74) is 2.17. The molecule has 0 bridgehead atoms. The molecule has 1 fully saturated rings. The number of hydrogen-bond acceptors (Lipinski definition) is 5. The van der Waals surface area contributed by atoms with Crippen molar-refractivity contribution in [1.29, 1.82) is 0 Å². The van der Waals surface area contributed by atoms with Gasteiger partial charge in [-0.05, 0) is 68.5 Å². The molecule has 31 heavy (non-hydrogen) atoms. The van der Waals surface area contributed by atoms with Gasteiger partial charge in [-0.3, -0.25) is 4.79 Å². The number of anilines is 1. The summed E-state index contributed by atoms with van der Waals surface area (Å²) in [5, 5.41) is 0. The van der Waals surface area contributed by atoms with E-state index < -0.39 is 22.1 Å². The number of ether oxygens (including phenoxy) is 1. The molecule has 0 aromatic heterocycles. The molecule has 0 saturated carbocycles. The van der Waals surface area contributed by atoms with Crippen LogP contribution < -0.4 is 4.90 Å². The molecule has 0 radical (unpaired) electrons. The van der Waals surface area contributed by atoms with Gasteiger partial charge in [0.15, 0.2) is 6.10 Å². The van der Waals surface area contributed by atoms with Crippen LogP contribution in [-0.2, 0) is 26.0 Å². The predicted octanol–water partition coefficient (Wildman–Crippen LogP) is 3.00. The minimum atomic E-state index is -3.54. The number of fused-ring (bicyclic) bond motifs is 1. The van der Waals surface area contributed by atoms with Crippen molar-refractivity contribution in [2.75, 3.05) is 24.5 Å². The van der Waals surface area contributed by atoms with Gasteiger partial charge < -0.3 is 9.64 Å². The number of hydrogen-bond donors (Lipinski definition) is 0. The molecule has 0 spiro atoms. The summed E-state index contributed by atoms with van der Waals surface area (Å²) in [4.78, 5) is 27.3. The lowest BCUT2D eigenvalue weighted by atomic mass is 10.0. The third-order valence-electron chi connectivity index (χ3n) is 5.80. The van der Waals surface area contributed by atoms with Gasteiger partial charge in [0.1, 0.15) is 0 Å². The molecule has 2 heterocycles. The number of nitrogens with zero attached hydrogens (tertiary/aromatic N) is 2. The number of carbonyl (C=O) groups excluding carboxylic acids is 2. The van der Waals surface area contributed by atoms with Crippen LogP contribution in [0.3, 0.4) is 0 Å². The summed E-state index contributed by atoms with van der Waals surface area (Å²) in [6.07, 6.45) is 2.54. The fraction of sp³-hybridized carbons (Fsp3) is 0.391. The number of para-hydroxylation sites is 1. The molecule has 2 aliphatic rings. The number of sulfonamides is 1. The Bertz CT molecular complexity index is 1080. The molecule has 2 aromatic carbocycles. The first-order valence-corrected chi connectivity index (χ1v) is 12.0. The second-order valence-corrected chi connectivity index (χ2v) is 9.84. The maximum absolute atomic E-state index is 12.9. The quantitative estimate of drug-likeness (QED) is 0.665. The van der Waals surface area contributed by atoms with E-state index in [1.165, 1.54) is 28.6 Å². The van der Waals surface area contributed by atoms with Crippen LogP contribution in [0.2, 0.25) is 0 Å². The first-order chi connectivity index (χ1) is 14.9.